The van der Waals surface area contributed by atoms with Crippen LogP contribution in [-0.2, 0) is 4.79 Å². The predicted molar refractivity (Wildman–Crippen MR) is 73.7 cm³/mol. The fourth-order valence-corrected chi connectivity index (χ4v) is 2.43. The average Bonchev–Trinajstić information content (AvgIpc) is 2.46. The molecule has 0 bridgehead atoms. The van der Waals surface area contributed by atoms with Gasteiger partial charge in [0.1, 0.15) is 5.82 Å². The molecule has 20 heavy (non-hydrogen) atoms. The summed E-state index contributed by atoms with van der Waals surface area (Å²) in [6.45, 7) is -0.121. The minimum Gasteiger partial charge on any atom is -0.352 e. The number of carbonyl (C=O) groups excluding carboxylic acids is 2. The van der Waals surface area contributed by atoms with Gasteiger partial charge in [0.25, 0.3) is 5.91 Å². The van der Waals surface area contributed by atoms with Crippen LogP contribution in [0.4, 0.5) is 4.39 Å². The van der Waals surface area contributed by atoms with E-state index in [-0.39, 0.29) is 24.1 Å². The zero-order valence-electron chi connectivity index (χ0n) is 11.3. The molecule has 108 valence electrons. The second-order valence-electron chi connectivity index (χ2n) is 5.06. The van der Waals surface area contributed by atoms with Gasteiger partial charge < -0.3 is 10.6 Å². The normalized spacial score (nSPS) is 15.7. The van der Waals surface area contributed by atoms with Crippen molar-refractivity contribution >= 4 is 11.8 Å². The summed E-state index contributed by atoms with van der Waals surface area (Å²) < 4.78 is 13.4. The lowest BCUT2D eigenvalue weighted by Crippen LogP contribution is -2.42. The van der Waals surface area contributed by atoms with E-state index in [4.69, 9.17) is 0 Å². The van der Waals surface area contributed by atoms with Crippen molar-refractivity contribution in [1.82, 2.24) is 10.6 Å². The standard InChI is InChI=1S/C15H19FN2O2/c16-13-9-5-4-8-12(13)15(20)17-10-14(19)18-11-6-2-1-3-7-11/h4-5,8-9,11H,1-3,6-7,10H2,(H,17,20)(H,18,19). The fraction of sp³-hybridized carbons (Fsp3) is 0.467. The molecule has 2 rings (SSSR count). The highest BCUT2D eigenvalue weighted by Crippen LogP contribution is 2.17. The van der Waals surface area contributed by atoms with Crippen molar-refractivity contribution in [2.24, 2.45) is 0 Å². The van der Waals surface area contributed by atoms with Gasteiger partial charge in [0.15, 0.2) is 0 Å². The number of amides is 2. The van der Waals surface area contributed by atoms with Crippen LogP contribution in [0.1, 0.15) is 42.5 Å². The number of hydrogen-bond acceptors (Lipinski definition) is 2. The van der Waals surface area contributed by atoms with Gasteiger partial charge in [0.2, 0.25) is 5.91 Å². The van der Waals surface area contributed by atoms with Gasteiger partial charge in [-0.2, -0.15) is 0 Å². The molecule has 0 atom stereocenters. The van der Waals surface area contributed by atoms with Crippen LogP contribution in [0.2, 0.25) is 0 Å². The highest BCUT2D eigenvalue weighted by Gasteiger charge is 2.16. The number of halogens is 1. The van der Waals surface area contributed by atoms with Crippen LogP contribution in [0, 0.1) is 5.82 Å². The summed E-state index contributed by atoms with van der Waals surface area (Å²) in [6, 6.07) is 5.92. The van der Waals surface area contributed by atoms with Crippen molar-refractivity contribution in [2.75, 3.05) is 6.54 Å². The number of nitrogens with one attached hydrogen (secondary N) is 2. The molecule has 4 nitrogen and oxygen atoms in total. The molecule has 2 amide bonds. The average molecular weight is 278 g/mol. The van der Waals surface area contributed by atoms with Gasteiger partial charge in [0.05, 0.1) is 12.1 Å². The first-order valence-corrected chi connectivity index (χ1v) is 6.99. The van der Waals surface area contributed by atoms with E-state index in [2.05, 4.69) is 10.6 Å². The maximum atomic E-state index is 13.4. The molecule has 0 heterocycles. The van der Waals surface area contributed by atoms with E-state index in [0.29, 0.717) is 0 Å². The Morgan fingerprint density at radius 3 is 2.55 bits per heavy atom. The largest absolute Gasteiger partial charge is 0.352 e. The lowest BCUT2D eigenvalue weighted by atomic mass is 9.95. The summed E-state index contributed by atoms with van der Waals surface area (Å²) >= 11 is 0. The molecular formula is C15H19FN2O2. The first kappa shape index (κ1) is 14.5. The Kier molecular flexibility index (Phi) is 5.09. The number of benzene rings is 1. The molecule has 0 aromatic heterocycles. The highest BCUT2D eigenvalue weighted by atomic mass is 19.1. The second kappa shape index (κ2) is 7.03. The van der Waals surface area contributed by atoms with Crippen molar-refractivity contribution in [1.29, 1.82) is 0 Å². The van der Waals surface area contributed by atoms with Gasteiger partial charge in [-0.15, -0.1) is 0 Å². The van der Waals surface area contributed by atoms with E-state index in [1.165, 1.54) is 24.6 Å². The molecule has 0 radical (unpaired) electrons. The minimum atomic E-state index is -0.585. The Morgan fingerprint density at radius 1 is 1.15 bits per heavy atom. The highest BCUT2D eigenvalue weighted by molar-refractivity contribution is 5.96. The molecule has 0 unspecified atom stereocenters. The molecule has 1 aliphatic carbocycles. The summed E-state index contributed by atoms with van der Waals surface area (Å²) in [7, 11) is 0. The van der Waals surface area contributed by atoms with Gasteiger partial charge in [-0.25, -0.2) is 4.39 Å². The van der Waals surface area contributed by atoms with E-state index in [1.54, 1.807) is 6.07 Å². The first-order chi connectivity index (χ1) is 9.66. The Balaban J connectivity index is 1.78. The van der Waals surface area contributed by atoms with Gasteiger partial charge >= 0.3 is 0 Å². The summed E-state index contributed by atoms with van der Waals surface area (Å²) in [4.78, 5) is 23.4. The van der Waals surface area contributed by atoms with E-state index in [9.17, 15) is 14.0 Å². The van der Waals surface area contributed by atoms with E-state index >= 15 is 0 Å². The summed E-state index contributed by atoms with van der Waals surface area (Å²) in [5.74, 6) is -1.37. The van der Waals surface area contributed by atoms with Crippen LogP contribution in [0.15, 0.2) is 24.3 Å². The SMILES string of the molecule is O=C(CNC(=O)c1ccccc1F)NC1CCCCC1. The molecule has 1 fully saturated rings. The predicted octanol–water partition coefficient (Wildman–Crippen LogP) is 2.00. The zero-order chi connectivity index (χ0) is 14.4. The van der Waals surface area contributed by atoms with Gasteiger partial charge in [-0.3, -0.25) is 9.59 Å². The summed E-state index contributed by atoms with van der Waals surface area (Å²) in [5, 5.41) is 5.33. The third kappa shape index (κ3) is 4.05. The maximum Gasteiger partial charge on any atom is 0.254 e. The molecular weight excluding hydrogens is 259 g/mol. The van der Waals surface area contributed by atoms with Crippen molar-refractivity contribution in [3.05, 3.63) is 35.6 Å². The fourth-order valence-electron chi connectivity index (χ4n) is 2.43. The molecule has 1 aliphatic rings. The third-order valence-electron chi connectivity index (χ3n) is 3.50. The number of rotatable bonds is 4. The Labute approximate surface area is 117 Å². The maximum absolute atomic E-state index is 13.4. The molecule has 5 heteroatoms. The van der Waals surface area contributed by atoms with E-state index in [0.717, 1.165) is 25.7 Å². The van der Waals surface area contributed by atoms with Crippen molar-refractivity contribution < 1.29 is 14.0 Å². The molecule has 2 N–H and O–H groups in total. The Hall–Kier alpha value is -1.91. The molecule has 1 aromatic rings. The number of carbonyl (C=O) groups is 2. The Morgan fingerprint density at radius 2 is 1.85 bits per heavy atom. The second-order valence-corrected chi connectivity index (χ2v) is 5.06. The van der Waals surface area contributed by atoms with E-state index < -0.39 is 11.7 Å². The topological polar surface area (TPSA) is 58.2 Å². The quantitative estimate of drug-likeness (QED) is 0.885. The van der Waals surface area contributed by atoms with Crippen LogP contribution >= 0.6 is 0 Å². The Bertz CT molecular complexity index is 485. The van der Waals surface area contributed by atoms with Crippen molar-refractivity contribution in [2.45, 2.75) is 38.1 Å². The third-order valence-corrected chi connectivity index (χ3v) is 3.50. The van der Waals surface area contributed by atoms with Crippen LogP contribution in [-0.4, -0.2) is 24.4 Å². The van der Waals surface area contributed by atoms with Crippen LogP contribution in [0.5, 0.6) is 0 Å². The first-order valence-electron chi connectivity index (χ1n) is 6.99. The van der Waals surface area contributed by atoms with Crippen molar-refractivity contribution in [3.8, 4) is 0 Å². The van der Waals surface area contributed by atoms with Crippen LogP contribution in [0.25, 0.3) is 0 Å². The lowest BCUT2D eigenvalue weighted by molar-refractivity contribution is -0.121. The zero-order valence-corrected chi connectivity index (χ0v) is 11.3. The van der Waals surface area contributed by atoms with Crippen LogP contribution in [0.3, 0.4) is 0 Å². The lowest BCUT2D eigenvalue weighted by Gasteiger charge is -2.22. The molecule has 0 saturated heterocycles. The smallest absolute Gasteiger partial charge is 0.254 e. The minimum absolute atomic E-state index is 0.0435. The van der Waals surface area contributed by atoms with Gasteiger partial charge in [0, 0.05) is 6.04 Å². The van der Waals surface area contributed by atoms with Crippen LogP contribution < -0.4 is 10.6 Å². The summed E-state index contributed by atoms with van der Waals surface area (Å²) in [6.07, 6.45) is 5.47. The molecule has 1 aromatic carbocycles. The summed E-state index contributed by atoms with van der Waals surface area (Å²) in [5.41, 5.74) is -0.0435. The van der Waals surface area contributed by atoms with Crippen molar-refractivity contribution in [3.63, 3.8) is 0 Å². The molecule has 0 spiro atoms. The monoisotopic (exact) mass is 278 g/mol. The molecule has 1 saturated carbocycles. The van der Waals surface area contributed by atoms with Gasteiger partial charge in [-0.05, 0) is 25.0 Å². The molecule has 0 aliphatic heterocycles. The number of hydrogen-bond donors (Lipinski definition) is 2. The van der Waals surface area contributed by atoms with Gasteiger partial charge in [-0.1, -0.05) is 31.4 Å². The van der Waals surface area contributed by atoms with E-state index in [1.807, 2.05) is 0 Å².